The summed E-state index contributed by atoms with van der Waals surface area (Å²) in [6.45, 7) is 8.32. The van der Waals surface area contributed by atoms with Crippen molar-refractivity contribution in [2.75, 3.05) is 26.2 Å². The molecule has 16 heavy (non-hydrogen) atoms. The average Bonchev–Trinajstić information content (AvgIpc) is 2.20. The van der Waals surface area contributed by atoms with Gasteiger partial charge in [-0.05, 0) is 25.9 Å². The van der Waals surface area contributed by atoms with Gasteiger partial charge in [-0.3, -0.25) is 4.90 Å². The Kier molecular flexibility index (Phi) is 17.1. The first-order valence-electron chi connectivity index (χ1n) is 5.76. The van der Waals surface area contributed by atoms with E-state index in [1.807, 2.05) is 0 Å². The molecule has 0 aliphatic carbocycles. The van der Waals surface area contributed by atoms with Gasteiger partial charge in [-0.1, -0.05) is 26.7 Å². The second-order valence-electron chi connectivity index (χ2n) is 3.65. The minimum Gasteiger partial charge on any atom is -0.512 e. The zero-order valence-corrected chi connectivity index (χ0v) is 14.5. The molecule has 0 amide bonds. The van der Waals surface area contributed by atoms with E-state index in [2.05, 4.69) is 18.7 Å². The van der Waals surface area contributed by atoms with Gasteiger partial charge in [-0.25, -0.2) is 0 Å². The summed E-state index contributed by atoms with van der Waals surface area (Å²) in [6, 6.07) is 0. The minimum absolute atomic E-state index is 0. The van der Waals surface area contributed by atoms with Crippen LogP contribution in [0.2, 0.25) is 0 Å². The van der Waals surface area contributed by atoms with E-state index < -0.39 is 0 Å². The van der Waals surface area contributed by atoms with Crippen LogP contribution in [0.25, 0.3) is 0 Å². The summed E-state index contributed by atoms with van der Waals surface area (Å²) >= 11 is 9.39. The average molecular weight is 271 g/mol. The Morgan fingerprint density at radius 3 is 2.00 bits per heavy atom. The number of hydrogen-bond donors (Lipinski definition) is 0. The zero-order valence-electron chi connectivity index (χ0n) is 10.8. The van der Waals surface area contributed by atoms with Crippen molar-refractivity contribution >= 4 is 29.2 Å². The summed E-state index contributed by atoms with van der Waals surface area (Å²) < 4.78 is 5.37. The molecule has 0 saturated heterocycles. The van der Waals surface area contributed by atoms with Crippen molar-refractivity contribution < 1.29 is 34.3 Å². The standard InChI is InChI=1S/C11H23NOS2.Na/c1-3-5-7-12(8-6-4-2)9-10-13-11(14)15;/h3-10H2,1-2H3,(H,14,15);/q;+1/p-1. The van der Waals surface area contributed by atoms with Crippen LogP contribution in [-0.4, -0.2) is 35.5 Å². The van der Waals surface area contributed by atoms with Crippen LogP contribution in [-0.2, 0) is 17.4 Å². The first kappa shape index (κ1) is 19.4. The smallest absolute Gasteiger partial charge is 0.512 e. The molecular weight excluding hydrogens is 249 g/mol. The van der Waals surface area contributed by atoms with Crippen molar-refractivity contribution in [3.8, 4) is 0 Å². The SMILES string of the molecule is CCCCN(CCCC)CCOC(=S)[S-].[Na+]. The number of rotatable bonds is 9. The van der Waals surface area contributed by atoms with Gasteiger partial charge in [-0.2, -0.15) is 0 Å². The topological polar surface area (TPSA) is 12.5 Å². The van der Waals surface area contributed by atoms with Crippen LogP contribution in [0.5, 0.6) is 0 Å². The number of nitrogens with zero attached hydrogens (tertiary/aromatic N) is 1. The maximum atomic E-state index is 5.14. The third-order valence-electron chi connectivity index (χ3n) is 2.28. The van der Waals surface area contributed by atoms with Gasteiger partial charge >= 0.3 is 29.6 Å². The second kappa shape index (κ2) is 14.1. The zero-order chi connectivity index (χ0) is 11.5. The van der Waals surface area contributed by atoms with E-state index in [0.717, 1.165) is 19.6 Å². The third kappa shape index (κ3) is 13.1. The largest absolute Gasteiger partial charge is 1.00 e. The van der Waals surface area contributed by atoms with Crippen molar-refractivity contribution in [1.82, 2.24) is 4.90 Å². The number of unbranched alkanes of at least 4 members (excludes halogenated alkanes) is 2. The van der Waals surface area contributed by atoms with E-state index in [9.17, 15) is 0 Å². The molecule has 0 aromatic carbocycles. The van der Waals surface area contributed by atoms with Crippen LogP contribution in [0.15, 0.2) is 0 Å². The molecule has 0 saturated carbocycles. The molecule has 90 valence electrons. The Morgan fingerprint density at radius 2 is 1.62 bits per heavy atom. The summed E-state index contributed by atoms with van der Waals surface area (Å²) in [5.74, 6) is 0. The molecule has 0 unspecified atom stereocenters. The Hall–Kier alpha value is 1.07. The predicted molar refractivity (Wildman–Crippen MR) is 72.2 cm³/mol. The molecule has 2 nitrogen and oxygen atoms in total. The van der Waals surface area contributed by atoms with Gasteiger partial charge < -0.3 is 29.6 Å². The fourth-order valence-electron chi connectivity index (χ4n) is 1.36. The van der Waals surface area contributed by atoms with Crippen LogP contribution in [0, 0.1) is 0 Å². The molecule has 0 aromatic heterocycles. The molecule has 0 spiro atoms. The fraction of sp³-hybridized carbons (Fsp3) is 0.909. The third-order valence-corrected chi connectivity index (χ3v) is 2.52. The molecule has 0 heterocycles. The quantitative estimate of drug-likeness (QED) is 0.325. The molecule has 0 N–H and O–H groups in total. The normalized spacial score (nSPS) is 9.94. The molecule has 0 radical (unpaired) electrons. The van der Waals surface area contributed by atoms with Crippen LogP contribution in [0.4, 0.5) is 0 Å². The van der Waals surface area contributed by atoms with E-state index in [-0.39, 0.29) is 33.9 Å². The molecule has 5 heteroatoms. The summed E-state index contributed by atoms with van der Waals surface area (Å²) in [7, 11) is 0. The number of ether oxygens (including phenoxy) is 1. The van der Waals surface area contributed by atoms with E-state index in [0.29, 0.717) is 6.61 Å². The summed E-state index contributed by atoms with van der Waals surface area (Å²) in [5, 5.41) is 0. The maximum absolute atomic E-state index is 5.14. The van der Waals surface area contributed by atoms with Crippen molar-refractivity contribution in [3.63, 3.8) is 0 Å². The predicted octanol–water partition coefficient (Wildman–Crippen LogP) is -0.259. The van der Waals surface area contributed by atoms with Crippen molar-refractivity contribution in [3.05, 3.63) is 0 Å². The Labute approximate surface area is 133 Å². The van der Waals surface area contributed by atoms with Crippen LogP contribution in [0.1, 0.15) is 39.5 Å². The summed E-state index contributed by atoms with van der Waals surface area (Å²) in [4.78, 5) is 2.43. The molecule has 0 aliphatic heterocycles. The van der Waals surface area contributed by atoms with Crippen molar-refractivity contribution in [1.29, 1.82) is 0 Å². The summed E-state index contributed by atoms with van der Waals surface area (Å²) in [5.41, 5.74) is 0. The van der Waals surface area contributed by atoms with Gasteiger partial charge in [0, 0.05) is 10.9 Å². The van der Waals surface area contributed by atoms with Crippen molar-refractivity contribution in [2.24, 2.45) is 0 Å². The molecule has 0 fully saturated rings. The maximum Gasteiger partial charge on any atom is 1.00 e. The molecular formula is C11H22NNaOS2. The summed E-state index contributed by atoms with van der Waals surface area (Å²) in [6.07, 6.45) is 4.98. The molecule has 0 aromatic rings. The number of thiocarbonyl (C=S) groups is 1. The van der Waals surface area contributed by atoms with E-state index in [1.54, 1.807) is 0 Å². The van der Waals surface area contributed by atoms with Gasteiger partial charge in [0.05, 0.1) is 6.61 Å². The number of hydrogen-bond acceptors (Lipinski definition) is 4. The molecule has 0 bridgehead atoms. The van der Waals surface area contributed by atoms with Crippen LogP contribution >= 0.6 is 12.2 Å². The van der Waals surface area contributed by atoms with Gasteiger partial charge in [-0.15, -0.1) is 0 Å². The molecule has 0 atom stereocenters. The van der Waals surface area contributed by atoms with Gasteiger partial charge in [0.1, 0.15) is 0 Å². The van der Waals surface area contributed by atoms with Gasteiger partial charge in [0.25, 0.3) is 0 Å². The fourth-order valence-corrected chi connectivity index (χ4v) is 1.52. The van der Waals surface area contributed by atoms with Crippen LogP contribution in [0.3, 0.4) is 0 Å². The first-order valence-corrected chi connectivity index (χ1v) is 6.58. The monoisotopic (exact) mass is 271 g/mol. The van der Waals surface area contributed by atoms with Crippen molar-refractivity contribution in [2.45, 2.75) is 39.5 Å². The van der Waals surface area contributed by atoms with E-state index >= 15 is 0 Å². The second-order valence-corrected chi connectivity index (χ2v) is 4.65. The van der Waals surface area contributed by atoms with E-state index in [1.165, 1.54) is 25.7 Å². The van der Waals surface area contributed by atoms with Gasteiger partial charge in [0.2, 0.25) is 0 Å². The van der Waals surface area contributed by atoms with E-state index in [4.69, 9.17) is 29.6 Å². The Morgan fingerprint density at radius 1 is 1.12 bits per heavy atom. The molecule has 0 aliphatic rings. The Bertz CT molecular complexity index is 162. The minimum atomic E-state index is 0. The molecule has 0 rings (SSSR count). The van der Waals surface area contributed by atoms with Crippen LogP contribution < -0.4 is 29.6 Å². The van der Waals surface area contributed by atoms with Gasteiger partial charge in [0.15, 0.2) is 0 Å². The Balaban J connectivity index is 0. The first-order chi connectivity index (χ1) is 7.20.